The van der Waals surface area contributed by atoms with Crippen LogP contribution in [0.15, 0.2) is 36.5 Å². The number of pyridine rings is 1. The Morgan fingerprint density at radius 1 is 1.03 bits per heavy atom. The summed E-state index contributed by atoms with van der Waals surface area (Å²) in [7, 11) is 1.89. The molecule has 0 atom stereocenters. The molecule has 1 aliphatic heterocycles. The summed E-state index contributed by atoms with van der Waals surface area (Å²) >= 11 is 0. The van der Waals surface area contributed by atoms with Crippen molar-refractivity contribution in [3.8, 4) is 11.3 Å². The number of aromatic nitrogens is 3. The number of anilines is 1. The van der Waals surface area contributed by atoms with Crippen molar-refractivity contribution in [1.82, 2.24) is 14.8 Å². The fraction of sp³-hybridized carbons (Fsp3) is 0.364. The summed E-state index contributed by atoms with van der Waals surface area (Å²) in [6, 6.07) is 7.69. The van der Waals surface area contributed by atoms with Crippen molar-refractivity contribution in [2.75, 3.05) is 18.0 Å². The van der Waals surface area contributed by atoms with Gasteiger partial charge in [0, 0.05) is 31.9 Å². The molecule has 152 valence electrons. The highest BCUT2D eigenvalue weighted by molar-refractivity contribution is 5.64. The molecule has 7 heteroatoms. The Kier molecular flexibility index (Phi) is 4.86. The highest BCUT2D eigenvalue weighted by Gasteiger charge is 2.35. The van der Waals surface area contributed by atoms with E-state index in [0.717, 1.165) is 40.5 Å². The Balaban J connectivity index is 1.57. The minimum Gasteiger partial charge on any atom is -0.385 e. The van der Waals surface area contributed by atoms with Crippen molar-refractivity contribution in [3.05, 3.63) is 65.0 Å². The van der Waals surface area contributed by atoms with E-state index in [0.29, 0.717) is 31.5 Å². The van der Waals surface area contributed by atoms with Gasteiger partial charge in [0.2, 0.25) is 0 Å². The van der Waals surface area contributed by atoms with Gasteiger partial charge in [0.15, 0.2) is 11.6 Å². The van der Waals surface area contributed by atoms with E-state index in [4.69, 9.17) is 4.98 Å². The van der Waals surface area contributed by atoms with Crippen LogP contribution >= 0.6 is 0 Å². The van der Waals surface area contributed by atoms with Crippen LogP contribution in [0.5, 0.6) is 0 Å². The molecule has 2 aromatic heterocycles. The van der Waals surface area contributed by atoms with Crippen molar-refractivity contribution in [1.29, 1.82) is 0 Å². The third-order valence-electron chi connectivity index (χ3n) is 5.62. The van der Waals surface area contributed by atoms with Gasteiger partial charge in [-0.1, -0.05) is 6.07 Å². The van der Waals surface area contributed by atoms with Crippen LogP contribution in [0.25, 0.3) is 11.3 Å². The van der Waals surface area contributed by atoms with E-state index in [1.54, 1.807) is 4.68 Å². The number of piperidine rings is 1. The molecule has 1 saturated heterocycles. The van der Waals surface area contributed by atoms with Crippen LogP contribution in [0.1, 0.15) is 29.7 Å². The zero-order valence-corrected chi connectivity index (χ0v) is 16.8. The molecule has 0 aliphatic carbocycles. The Bertz CT molecular complexity index is 1050. The van der Waals surface area contributed by atoms with Crippen LogP contribution in [-0.2, 0) is 12.6 Å². The SMILES string of the molecule is Cc1cc(-c2cn(C)nc2C)nc(N2CCC(O)(c3ccc(F)c(F)c3)CC2)c1. The molecule has 3 aromatic rings. The molecule has 5 nitrogen and oxygen atoms in total. The number of benzene rings is 1. The molecule has 1 fully saturated rings. The average Bonchev–Trinajstić information content (AvgIpc) is 3.02. The molecule has 0 amide bonds. The van der Waals surface area contributed by atoms with Crippen LogP contribution in [0.3, 0.4) is 0 Å². The number of nitrogens with zero attached hydrogens (tertiary/aromatic N) is 4. The van der Waals surface area contributed by atoms with Gasteiger partial charge in [0.25, 0.3) is 0 Å². The largest absolute Gasteiger partial charge is 0.385 e. The minimum atomic E-state index is -1.17. The summed E-state index contributed by atoms with van der Waals surface area (Å²) in [6.45, 7) is 5.12. The second kappa shape index (κ2) is 7.22. The zero-order valence-electron chi connectivity index (χ0n) is 16.8. The molecule has 0 spiro atoms. The maximum absolute atomic E-state index is 13.6. The predicted molar refractivity (Wildman–Crippen MR) is 108 cm³/mol. The fourth-order valence-corrected chi connectivity index (χ4v) is 3.98. The Hall–Kier alpha value is -2.80. The minimum absolute atomic E-state index is 0.412. The van der Waals surface area contributed by atoms with Crippen LogP contribution in [0, 0.1) is 25.5 Å². The molecular formula is C22H24F2N4O. The number of aryl methyl sites for hydroxylation is 3. The monoisotopic (exact) mass is 398 g/mol. The summed E-state index contributed by atoms with van der Waals surface area (Å²) < 4.78 is 28.6. The Morgan fingerprint density at radius 2 is 1.76 bits per heavy atom. The molecule has 0 unspecified atom stereocenters. The van der Waals surface area contributed by atoms with E-state index >= 15 is 0 Å². The first kappa shape index (κ1) is 19.5. The summed E-state index contributed by atoms with van der Waals surface area (Å²) in [6.07, 6.45) is 2.78. The van der Waals surface area contributed by atoms with Gasteiger partial charge in [0.1, 0.15) is 5.82 Å². The van der Waals surface area contributed by atoms with Crippen LogP contribution in [-0.4, -0.2) is 33.0 Å². The van der Waals surface area contributed by atoms with Gasteiger partial charge >= 0.3 is 0 Å². The van der Waals surface area contributed by atoms with E-state index in [9.17, 15) is 13.9 Å². The van der Waals surface area contributed by atoms with E-state index in [2.05, 4.69) is 10.00 Å². The van der Waals surface area contributed by atoms with E-state index in [1.165, 1.54) is 6.07 Å². The lowest BCUT2D eigenvalue weighted by Crippen LogP contribution is -2.43. The molecule has 4 rings (SSSR count). The summed E-state index contributed by atoms with van der Waals surface area (Å²) in [4.78, 5) is 6.95. The lowest BCUT2D eigenvalue weighted by Gasteiger charge is -2.39. The van der Waals surface area contributed by atoms with Gasteiger partial charge < -0.3 is 10.0 Å². The maximum atomic E-state index is 13.6. The highest BCUT2D eigenvalue weighted by atomic mass is 19.2. The van der Waals surface area contributed by atoms with E-state index in [-0.39, 0.29) is 0 Å². The fourth-order valence-electron chi connectivity index (χ4n) is 3.98. The first-order valence-corrected chi connectivity index (χ1v) is 9.67. The second-order valence-electron chi connectivity index (χ2n) is 7.84. The Morgan fingerprint density at radius 3 is 2.38 bits per heavy atom. The molecule has 1 N–H and O–H groups in total. The van der Waals surface area contributed by atoms with E-state index < -0.39 is 17.2 Å². The number of hydrogen-bond donors (Lipinski definition) is 1. The van der Waals surface area contributed by atoms with E-state index in [1.807, 2.05) is 39.2 Å². The first-order chi connectivity index (χ1) is 13.7. The molecular weight excluding hydrogens is 374 g/mol. The third kappa shape index (κ3) is 3.74. The van der Waals surface area contributed by atoms with Crippen molar-refractivity contribution < 1.29 is 13.9 Å². The van der Waals surface area contributed by atoms with Crippen molar-refractivity contribution >= 4 is 5.82 Å². The predicted octanol–water partition coefficient (Wildman–Crippen LogP) is 3.87. The van der Waals surface area contributed by atoms with Gasteiger partial charge in [-0.05, 0) is 62.1 Å². The first-order valence-electron chi connectivity index (χ1n) is 9.67. The van der Waals surface area contributed by atoms with Gasteiger partial charge in [-0.3, -0.25) is 4.68 Å². The van der Waals surface area contributed by atoms with Crippen molar-refractivity contribution in [2.24, 2.45) is 7.05 Å². The molecule has 0 bridgehead atoms. The second-order valence-corrected chi connectivity index (χ2v) is 7.84. The summed E-state index contributed by atoms with van der Waals surface area (Å²) in [5.74, 6) is -0.997. The highest BCUT2D eigenvalue weighted by Crippen LogP contribution is 2.35. The molecule has 1 aromatic carbocycles. The summed E-state index contributed by atoms with van der Waals surface area (Å²) in [5, 5.41) is 15.4. The van der Waals surface area contributed by atoms with Crippen molar-refractivity contribution in [3.63, 3.8) is 0 Å². The van der Waals surface area contributed by atoms with Gasteiger partial charge in [-0.2, -0.15) is 5.10 Å². The van der Waals surface area contributed by atoms with Crippen LogP contribution < -0.4 is 4.90 Å². The lowest BCUT2D eigenvalue weighted by molar-refractivity contribution is 0.0113. The number of halogens is 2. The maximum Gasteiger partial charge on any atom is 0.159 e. The van der Waals surface area contributed by atoms with Gasteiger partial charge in [0.05, 0.1) is 17.0 Å². The third-order valence-corrected chi connectivity index (χ3v) is 5.62. The molecule has 3 heterocycles. The molecule has 0 radical (unpaired) electrons. The number of aliphatic hydroxyl groups is 1. The van der Waals surface area contributed by atoms with Crippen LogP contribution in [0.2, 0.25) is 0 Å². The smallest absolute Gasteiger partial charge is 0.159 e. The number of hydrogen-bond acceptors (Lipinski definition) is 4. The summed E-state index contributed by atoms with van der Waals surface area (Å²) in [5.41, 5.74) is 3.12. The standard InChI is InChI=1S/C22H24F2N4O/c1-14-10-20(17-13-27(3)26-15(17)2)25-21(11-14)28-8-6-22(29,7-9-28)16-4-5-18(23)19(24)12-16/h4-5,10-13,29H,6-9H2,1-3H3. The molecule has 29 heavy (non-hydrogen) atoms. The Labute approximate surface area is 168 Å². The lowest BCUT2D eigenvalue weighted by atomic mass is 9.84. The number of rotatable bonds is 3. The molecule has 0 saturated carbocycles. The molecule has 1 aliphatic rings. The topological polar surface area (TPSA) is 54.2 Å². The van der Waals surface area contributed by atoms with Gasteiger partial charge in [-0.15, -0.1) is 0 Å². The average molecular weight is 398 g/mol. The van der Waals surface area contributed by atoms with Crippen LogP contribution in [0.4, 0.5) is 14.6 Å². The zero-order chi connectivity index (χ0) is 20.8. The van der Waals surface area contributed by atoms with Crippen molar-refractivity contribution in [2.45, 2.75) is 32.3 Å². The van der Waals surface area contributed by atoms with Gasteiger partial charge in [-0.25, -0.2) is 13.8 Å². The quantitative estimate of drug-likeness (QED) is 0.728. The normalized spacial score (nSPS) is 16.3.